The minimum Gasteiger partial charge on any atom is -0.491 e. The molecule has 0 aliphatic heterocycles. The second-order valence-corrected chi connectivity index (χ2v) is 13.1. The quantitative estimate of drug-likeness (QED) is 0.172. The van der Waals surface area contributed by atoms with E-state index in [0.29, 0.717) is 0 Å². The third-order valence-corrected chi connectivity index (χ3v) is 9.97. The first-order valence-corrected chi connectivity index (χ1v) is 16.2. The number of rotatable bonds is 10. The van der Waals surface area contributed by atoms with Crippen LogP contribution in [0.15, 0.2) is 84.9 Å². The van der Waals surface area contributed by atoms with E-state index in [9.17, 15) is 5.11 Å². The average molecular weight is 593 g/mol. The van der Waals surface area contributed by atoms with Crippen LogP contribution in [0.3, 0.4) is 0 Å². The van der Waals surface area contributed by atoms with Crippen molar-refractivity contribution >= 4 is 42.8 Å². The molecule has 0 radical (unpaired) electrons. The number of ether oxygens (including phenoxy) is 2. The average Bonchev–Trinajstić information content (AvgIpc) is 3.62. The van der Waals surface area contributed by atoms with Gasteiger partial charge in [0.2, 0.25) is 0 Å². The lowest BCUT2D eigenvalue weighted by molar-refractivity contribution is 0.0627. The molecular formula is C37H36O3S2. The predicted molar refractivity (Wildman–Crippen MR) is 180 cm³/mol. The Labute approximate surface area is 256 Å². The van der Waals surface area contributed by atoms with Gasteiger partial charge in [-0.25, -0.2) is 0 Å². The summed E-state index contributed by atoms with van der Waals surface area (Å²) in [6.07, 6.45) is 1.27. The molecule has 4 aromatic carbocycles. The van der Waals surface area contributed by atoms with Crippen molar-refractivity contribution in [3.8, 4) is 32.4 Å². The van der Waals surface area contributed by atoms with Crippen LogP contribution in [0.1, 0.15) is 36.1 Å². The second-order valence-electron chi connectivity index (χ2n) is 10.9. The zero-order valence-corrected chi connectivity index (χ0v) is 26.2. The Hall–Kier alpha value is -3.64. The smallest absolute Gasteiger partial charge is 0.122 e. The molecule has 2 heterocycles. The lowest BCUT2D eigenvalue weighted by Gasteiger charge is -2.14. The van der Waals surface area contributed by atoms with Crippen molar-refractivity contribution in [2.24, 2.45) is 0 Å². The molecule has 42 heavy (non-hydrogen) atoms. The molecule has 6 rings (SSSR count). The Balaban J connectivity index is 1.08. The summed E-state index contributed by atoms with van der Waals surface area (Å²) in [7, 11) is 0. The van der Waals surface area contributed by atoms with Gasteiger partial charge in [-0.3, -0.25) is 0 Å². The number of aryl methyl sites for hydroxylation is 4. The van der Waals surface area contributed by atoms with E-state index >= 15 is 0 Å². The van der Waals surface area contributed by atoms with Crippen LogP contribution in [0.4, 0.5) is 0 Å². The minimum absolute atomic E-state index is 0.165. The molecule has 0 fully saturated rings. The molecule has 1 N–H and O–H groups in total. The summed E-state index contributed by atoms with van der Waals surface area (Å²) in [4.78, 5) is 2.54. The third kappa shape index (κ3) is 6.10. The number of hydrogen-bond donors (Lipinski definition) is 1. The summed E-state index contributed by atoms with van der Waals surface area (Å²) in [5.41, 5.74) is 7.93. The Morgan fingerprint density at radius 1 is 0.595 bits per heavy atom. The monoisotopic (exact) mass is 592 g/mol. The Morgan fingerprint density at radius 2 is 1.05 bits per heavy atom. The van der Waals surface area contributed by atoms with Gasteiger partial charge in [0, 0.05) is 19.2 Å². The molecule has 0 aliphatic rings. The molecule has 0 saturated heterocycles. The van der Waals surface area contributed by atoms with Gasteiger partial charge in [0.15, 0.2) is 0 Å². The molecule has 5 heteroatoms. The third-order valence-electron chi connectivity index (χ3n) is 7.67. The van der Waals surface area contributed by atoms with Gasteiger partial charge in [0.1, 0.15) is 30.8 Å². The van der Waals surface area contributed by atoms with Crippen molar-refractivity contribution in [3.05, 3.63) is 107 Å². The van der Waals surface area contributed by atoms with Crippen molar-refractivity contribution in [3.63, 3.8) is 0 Å². The first-order valence-electron chi connectivity index (χ1n) is 14.6. The van der Waals surface area contributed by atoms with Crippen LogP contribution in [-0.4, -0.2) is 24.4 Å². The summed E-state index contributed by atoms with van der Waals surface area (Å²) in [5.74, 6) is 1.50. The zero-order chi connectivity index (χ0) is 29.2. The summed E-state index contributed by atoms with van der Waals surface area (Å²) >= 11 is 3.61. The number of aliphatic hydroxyl groups excluding tert-OH is 1. The van der Waals surface area contributed by atoms with Crippen molar-refractivity contribution in [2.75, 3.05) is 13.2 Å². The van der Waals surface area contributed by atoms with E-state index in [4.69, 9.17) is 9.47 Å². The van der Waals surface area contributed by atoms with Gasteiger partial charge in [-0.05, 0) is 108 Å². The summed E-state index contributed by atoms with van der Waals surface area (Å²) in [5, 5.41) is 12.9. The number of benzene rings is 4. The van der Waals surface area contributed by atoms with E-state index in [1.807, 2.05) is 12.1 Å². The zero-order valence-electron chi connectivity index (χ0n) is 24.6. The molecule has 0 amide bonds. The van der Waals surface area contributed by atoms with Gasteiger partial charge in [-0.2, -0.15) is 0 Å². The standard InChI is InChI=1S/C37H36O3S2/c1-5-25-15-23(3)7-11-32(25)36-19-27-17-30(9-13-34(27)41-36)39-21-29(38)22-40-31-10-14-35-28(18-31)20-37(42-35)33-12-8-24(4)16-26(33)6-2/h7-20,29,38H,5-6,21-22H2,1-4H3. The largest absolute Gasteiger partial charge is 0.491 e. The van der Waals surface area contributed by atoms with E-state index < -0.39 is 6.10 Å². The molecule has 214 valence electrons. The summed E-state index contributed by atoms with van der Waals surface area (Å²) in [6, 6.07) is 30.1. The van der Waals surface area contributed by atoms with Gasteiger partial charge in [-0.1, -0.05) is 61.4 Å². The fourth-order valence-corrected chi connectivity index (χ4v) is 7.64. The van der Waals surface area contributed by atoms with E-state index in [2.05, 4.69) is 100 Å². The van der Waals surface area contributed by atoms with Gasteiger partial charge >= 0.3 is 0 Å². The Bertz CT molecular complexity index is 1730. The molecule has 0 unspecified atom stereocenters. The van der Waals surface area contributed by atoms with E-state index in [0.717, 1.165) is 35.1 Å². The minimum atomic E-state index is -0.744. The fourth-order valence-electron chi connectivity index (χ4n) is 5.43. The maximum absolute atomic E-state index is 10.6. The van der Waals surface area contributed by atoms with Gasteiger partial charge in [-0.15, -0.1) is 22.7 Å². The molecular weight excluding hydrogens is 557 g/mol. The van der Waals surface area contributed by atoms with E-state index in [1.54, 1.807) is 22.7 Å². The predicted octanol–water partition coefficient (Wildman–Crippen LogP) is 10.0. The van der Waals surface area contributed by atoms with Crippen molar-refractivity contribution < 1.29 is 14.6 Å². The van der Waals surface area contributed by atoms with Crippen molar-refractivity contribution in [2.45, 2.75) is 46.6 Å². The van der Waals surface area contributed by atoms with Crippen LogP contribution in [0.2, 0.25) is 0 Å². The highest BCUT2D eigenvalue weighted by atomic mass is 32.1. The topological polar surface area (TPSA) is 38.7 Å². The molecule has 0 aliphatic carbocycles. The SMILES string of the molecule is CCc1cc(C)ccc1-c1cc2cc(OCC(O)COc3ccc4sc(-c5ccc(C)cc5CC)cc4c3)ccc2s1. The van der Waals surface area contributed by atoms with Gasteiger partial charge in [0.25, 0.3) is 0 Å². The highest BCUT2D eigenvalue weighted by molar-refractivity contribution is 7.22. The van der Waals surface area contributed by atoms with Crippen LogP contribution in [0, 0.1) is 13.8 Å². The maximum atomic E-state index is 10.6. The van der Waals surface area contributed by atoms with Crippen molar-refractivity contribution in [1.82, 2.24) is 0 Å². The first-order chi connectivity index (χ1) is 20.4. The summed E-state index contributed by atoms with van der Waals surface area (Å²) < 4.78 is 14.4. The van der Waals surface area contributed by atoms with Crippen LogP contribution >= 0.6 is 22.7 Å². The van der Waals surface area contributed by atoms with Crippen LogP contribution in [0.25, 0.3) is 41.1 Å². The fraction of sp³-hybridized carbons (Fsp3) is 0.243. The molecule has 0 saturated carbocycles. The second kappa shape index (κ2) is 12.3. The molecule has 6 aromatic rings. The Morgan fingerprint density at radius 3 is 1.48 bits per heavy atom. The van der Waals surface area contributed by atoms with E-state index in [1.165, 1.54) is 52.5 Å². The number of aliphatic hydroxyl groups is 1. The van der Waals surface area contributed by atoms with Crippen molar-refractivity contribution in [1.29, 1.82) is 0 Å². The highest BCUT2D eigenvalue weighted by Crippen LogP contribution is 2.38. The van der Waals surface area contributed by atoms with Crippen LogP contribution in [-0.2, 0) is 12.8 Å². The number of thiophene rings is 2. The number of hydrogen-bond acceptors (Lipinski definition) is 5. The normalized spacial score (nSPS) is 11.6. The van der Waals surface area contributed by atoms with Gasteiger partial charge < -0.3 is 14.6 Å². The number of fused-ring (bicyclic) bond motifs is 2. The highest BCUT2D eigenvalue weighted by Gasteiger charge is 2.13. The molecule has 2 aromatic heterocycles. The molecule has 3 nitrogen and oxygen atoms in total. The van der Waals surface area contributed by atoms with Crippen LogP contribution in [0.5, 0.6) is 11.5 Å². The Kier molecular flexibility index (Phi) is 8.34. The first kappa shape index (κ1) is 28.5. The molecule has 0 spiro atoms. The molecule has 0 atom stereocenters. The summed E-state index contributed by atoms with van der Waals surface area (Å²) in [6.45, 7) is 9.03. The lowest BCUT2D eigenvalue weighted by atomic mass is 10.0. The van der Waals surface area contributed by atoms with E-state index in [-0.39, 0.29) is 13.2 Å². The maximum Gasteiger partial charge on any atom is 0.122 e. The van der Waals surface area contributed by atoms with Crippen LogP contribution < -0.4 is 9.47 Å². The molecule has 0 bridgehead atoms. The lowest BCUT2D eigenvalue weighted by Crippen LogP contribution is -2.25. The van der Waals surface area contributed by atoms with Gasteiger partial charge in [0.05, 0.1) is 0 Å².